The number of nitrogens with zero attached hydrogens (tertiary/aromatic N) is 2. The molecular weight excluding hydrogens is 280 g/mol. The summed E-state index contributed by atoms with van der Waals surface area (Å²) >= 11 is 11.1. The SMILES string of the molecule is O=C(Nc1ccc(Cl)c(F)c1)c1cncc(Cl)n1. The van der Waals surface area contributed by atoms with Crippen LogP contribution in [0.5, 0.6) is 0 Å². The summed E-state index contributed by atoms with van der Waals surface area (Å²) in [7, 11) is 0. The van der Waals surface area contributed by atoms with Gasteiger partial charge in [0.2, 0.25) is 0 Å². The van der Waals surface area contributed by atoms with Gasteiger partial charge in [0.25, 0.3) is 5.91 Å². The third-order valence-electron chi connectivity index (χ3n) is 2.02. The standard InChI is InChI=1S/C11H6Cl2FN3O/c12-7-2-1-6(3-8(7)14)16-11(18)9-4-15-5-10(13)17-9/h1-5H,(H,16,18). The third-order valence-corrected chi connectivity index (χ3v) is 2.50. The number of rotatable bonds is 2. The van der Waals surface area contributed by atoms with Gasteiger partial charge in [-0.25, -0.2) is 9.37 Å². The highest BCUT2D eigenvalue weighted by molar-refractivity contribution is 6.30. The van der Waals surface area contributed by atoms with E-state index in [0.717, 1.165) is 6.07 Å². The van der Waals surface area contributed by atoms with Crippen molar-refractivity contribution in [3.63, 3.8) is 0 Å². The number of nitrogens with one attached hydrogen (secondary N) is 1. The van der Waals surface area contributed by atoms with Crippen LogP contribution in [0.4, 0.5) is 10.1 Å². The highest BCUT2D eigenvalue weighted by Crippen LogP contribution is 2.19. The van der Waals surface area contributed by atoms with E-state index >= 15 is 0 Å². The smallest absolute Gasteiger partial charge is 0.275 e. The van der Waals surface area contributed by atoms with E-state index in [9.17, 15) is 9.18 Å². The molecule has 0 fully saturated rings. The van der Waals surface area contributed by atoms with Crippen LogP contribution in [0.2, 0.25) is 10.2 Å². The Morgan fingerprint density at radius 3 is 2.72 bits per heavy atom. The maximum absolute atomic E-state index is 13.2. The van der Waals surface area contributed by atoms with Gasteiger partial charge in [-0.2, -0.15) is 0 Å². The molecule has 0 aliphatic rings. The van der Waals surface area contributed by atoms with Crippen molar-refractivity contribution < 1.29 is 9.18 Å². The van der Waals surface area contributed by atoms with Crippen molar-refractivity contribution in [2.75, 3.05) is 5.32 Å². The van der Waals surface area contributed by atoms with E-state index in [4.69, 9.17) is 23.2 Å². The van der Waals surface area contributed by atoms with Gasteiger partial charge in [-0.3, -0.25) is 9.78 Å². The Bertz CT molecular complexity index is 607. The van der Waals surface area contributed by atoms with Crippen LogP contribution in [0.1, 0.15) is 10.5 Å². The molecule has 0 saturated heterocycles. The Morgan fingerprint density at radius 2 is 2.06 bits per heavy atom. The summed E-state index contributed by atoms with van der Waals surface area (Å²) in [5.41, 5.74) is 0.307. The summed E-state index contributed by atoms with van der Waals surface area (Å²) in [5, 5.41) is 2.54. The Kier molecular flexibility index (Phi) is 3.74. The van der Waals surface area contributed by atoms with Crippen molar-refractivity contribution >= 4 is 34.8 Å². The number of carbonyl (C=O) groups excluding carboxylic acids is 1. The van der Waals surface area contributed by atoms with Gasteiger partial charge in [0.15, 0.2) is 0 Å². The minimum absolute atomic E-state index is 0.0180. The van der Waals surface area contributed by atoms with Crippen molar-refractivity contribution in [3.05, 3.63) is 52.3 Å². The van der Waals surface area contributed by atoms with Gasteiger partial charge < -0.3 is 5.32 Å². The number of hydrogen-bond acceptors (Lipinski definition) is 3. The second-order valence-corrected chi connectivity index (χ2v) is 4.10. The lowest BCUT2D eigenvalue weighted by molar-refractivity contribution is 0.102. The summed E-state index contributed by atoms with van der Waals surface area (Å²) in [6.45, 7) is 0. The van der Waals surface area contributed by atoms with Crippen LogP contribution >= 0.6 is 23.2 Å². The molecule has 0 radical (unpaired) electrons. The summed E-state index contributed by atoms with van der Waals surface area (Å²) in [4.78, 5) is 19.2. The van der Waals surface area contributed by atoms with Gasteiger partial charge in [-0.15, -0.1) is 0 Å². The van der Waals surface area contributed by atoms with Gasteiger partial charge in [-0.05, 0) is 18.2 Å². The van der Waals surface area contributed by atoms with Crippen molar-refractivity contribution in [2.45, 2.75) is 0 Å². The molecule has 0 aliphatic carbocycles. The van der Waals surface area contributed by atoms with Gasteiger partial charge in [-0.1, -0.05) is 23.2 Å². The molecule has 18 heavy (non-hydrogen) atoms. The fourth-order valence-electron chi connectivity index (χ4n) is 1.22. The molecule has 1 aromatic heterocycles. The molecule has 0 atom stereocenters. The molecule has 2 aromatic rings. The second-order valence-electron chi connectivity index (χ2n) is 3.31. The topological polar surface area (TPSA) is 54.9 Å². The van der Waals surface area contributed by atoms with Crippen LogP contribution < -0.4 is 5.32 Å². The van der Waals surface area contributed by atoms with Crippen molar-refractivity contribution in [2.24, 2.45) is 0 Å². The number of anilines is 1. The molecule has 0 unspecified atom stereocenters. The van der Waals surface area contributed by atoms with Crippen molar-refractivity contribution in [3.8, 4) is 0 Å². The Morgan fingerprint density at radius 1 is 1.28 bits per heavy atom. The largest absolute Gasteiger partial charge is 0.320 e. The zero-order valence-electron chi connectivity index (χ0n) is 8.82. The molecule has 2 rings (SSSR count). The molecule has 0 saturated carbocycles. The lowest BCUT2D eigenvalue weighted by Crippen LogP contribution is -2.14. The van der Waals surface area contributed by atoms with Crippen LogP contribution in [0.25, 0.3) is 0 Å². The number of halogens is 3. The molecule has 0 spiro atoms. The van der Waals surface area contributed by atoms with Crippen LogP contribution in [0, 0.1) is 5.82 Å². The predicted molar refractivity (Wildman–Crippen MR) is 66.4 cm³/mol. The molecule has 92 valence electrons. The Hall–Kier alpha value is -1.72. The minimum atomic E-state index is -0.619. The number of aromatic nitrogens is 2. The fraction of sp³-hybridized carbons (Fsp3) is 0. The number of amides is 1. The van der Waals surface area contributed by atoms with Gasteiger partial charge in [0.1, 0.15) is 16.7 Å². The first-order valence-corrected chi connectivity index (χ1v) is 5.56. The summed E-state index contributed by atoms with van der Waals surface area (Å²) < 4.78 is 13.2. The van der Waals surface area contributed by atoms with E-state index in [1.807, 2.05) is 0 Å². The lowest BCUT2D eigenvalue weighted by atomic mass is 10.3. The summed E-state index contributed by atoms with van der Waals surface area (Å²) in [5.74, 6) is -1.15. The summed E-state index contributed by atoms with van der Waals surface area (Å²) in [6, 6.07) is 3.93. The molecule has 1 heterocycles. The second kappa shape index (κ2) is 5.29. The van der Waals surface area contributed by atoms with Crippen LogP contribution in [-0.4, -0.2) is 15.9 Å². The zero-order chi connectivity index (χ0) is 13.1. The monoisotopic (exact) mass is 285 g/mol. The maximum Gasteiger partial charge on any atom is 0.275 e. The first-order chi connectivity index (χ1) is 8.56. The van der Waals surface area contributed by atoms with Crippen LogP contribution in [-0.2, 0) is 0 Å². The molecule has 0 aliphatic heterocycles. The van der Waals surface area contributed by atoms with Gasteiger partial charge >= 0.3 is 0 Å². The fourth-order valence-corrected chi connectivity index (χ4v) is 1.49. The third kappa shape index (κ3) is 2.94. The first kappa shape index (κ1) is 12.7. The van der Waals surface area contributed by atoms with E-state index in [1.165, 1.54) is 24.5 Å². The normalized spacial score (nSPS) is 10.2. The molecule has 0 bridgehead atoms. The van der Waals surface area contributed by atoms with E-state index in [2.05, 4.69) is 15.3 Å². The average molecular weight is 286 g/mol. The average Bonchev–Trinajstić information content (AvgIpc) is 2.34. The highest BCUT2D eigenvalue weighted by atomic mass is 35.5. The lowest BCUT2D eigenvalue weighted by Gasteiger charge is -2.05. The van der Waals surface area contributed by atoms with E-state index in [0.29, 0.717) is 0 Å². The Balaban J connectivity index is 2.18. The molecule has 1 amide bonds. The van der Waals surface area contributed by atoms with E-state index in [1.54, 1.807) is 0 Å². The predicted octanol–water partition coefficient (Wildman–Crippen LogP) is 3.17. The number of hydrogen-bond donors (Lipinski definition) is 1. The maximum atomic E-state index is 13.2. The van der Waals surface area contributed by atoms with Crippen LogP contribution in [0.15, 0.2) is 30.6 Å². The molecular formula is C11H6Cl2FN3O. The number of carbonyl (C=O) groups is 1. The zero-order valence-corrected chi connectivity index (χ0v) is 10.3. The van der Waals surface area contributed by atoms with Crippen LogP contribution in [0.3, 0.4) is 0 Å². The van der Waals surface area contributed by atoms with Crippen molar-refractivity contribution in [1.82, 2.24) is 9.97 Å². The number of benzene rings is 1. The minimum Gasteiger partial charge on any atom is -0.320 e. The van der Waals surface area contributed by atoms with E-state index in [-0.39, 0.29) is 21.6 Å². The molecule has 1 N–H and O–H groups in total. The van der Waals surface area contributed by atoms with Gasteiger partial charge in [0.05, 0.1) is 17.4 Å². The van der Waals surface area contributed by atoms with E-state index < -0.39 is 11.7 Å². The van der Waals surface area contributed by atoms with Crippen molar-refractivity contribution in [1.29, 1.82) is 0 Å². The summed E-state index contributed by atoms with van der Waals surface area (Å²) in [6.07, 6.45) is 2.56. The molecule has 7 heteroatoms. The first-order valence-electron chi connectivity index (χ1n) is 4.80. The molecule has 4 nitrogen and oxygen atoms in total. The van der Waals surface area contributed by atoms with Gasteiger partial charge in [0, 0.05) is 5.69 Å². The highest BCUT2D eigenvalue weighted by Gasteiger charge is 2.10. The molecule has 1 aromatic carbocycles. The Labute approximate surface area is 112 Å². The quantitative estimate of drug-likeness (QED) is 0.922.